The number of hydrogen-bond acceptors (Lipinski definition) is 2. The van der Waals surface area contributed by atoms with Gasteiger partial charge in [0.1, 0.15) is 0 Å². The first-order valence-electron chi connectivity index (χ1n) is 6.97. The third-order valence-electron chi connectivity index (χ3n) is 3.28. The minimum absolute atomic E-state index is 0.0275. The number of nitrogens with two attached hydrogens (primary N) is 1. The van der Waals surface area contributed by atoms with E-state index < -0.39 is 0 Å². The Balaban J connectivity index is 1.73. The average Bonchev–Trinajstić information content (AvgIpc) is 2.50. The smallest absolute Gasteiger partial charge is 0.221 e. The fourth-order valence-corrected chi connectivity index (χ4v) is 2.21. The molecule has 0 aliphatic rings. The Bertz CT molecular complexity index is 569. The highest BCUT2D eigenvalue weighted by molar-refractivity contribution is 6.30. The van der Waals surface area contributed by atoms with Crippen molar-refractivity contribution in [1.29, 1.82) is 0 Å². The molecule has 21 heavy (non-hydrogen) atoms. The minimum Gasteiger partial charge on any atom is -0.356 e. The van der Waals surface area contributed by atoms with Crippen molar-refractivity contribution in [2.75, 3.05) is 6.54 Å². The Hall–Kier alpha value is -1.84. The van der Waals surface area contributed by atoms with Crippen molar-refractivity contribution >= 4 is 17.5 Å². The molecular formula is C17H19ClN2O. The number of nitrogens with one attached hydrogen (secondary N) is 1. The summed E-state index contributed by atoms with van der Waals surface area (Å²) in [5, 5.41) is 3.61. The van der Waals surface area contributed by atoms with Crippen LogP contribution < -0.4 is 11.1 Å². The minimum atomic E-state index is -0.262. The highest BCUT2D eigenvalue weighted by Gasteiger charge is 2.10. The van der Waals surface area contributed by atoms with Crippen molar-refractivity contribution in [3.63, 3.8) is 0 Å². The summed E-state index contributed by atoms with van der Waals surface area (Å²) < 4.78 is 0. The number of amides is 1. The van der Waals surface area contributed by atoms with Crippen LogP contribution in [0.5, 0.6) is 0 Å². The molecule has 2 aromatic rings. The van der Waals surface area contributed by atoms with E-state index >= 15 is 0 Å². The van der Waals surface area contributed by atoms with Gasteiger partial charge in [0.15, 0.2) is 0 Å². The second kappa shape index (κ2) is 7.81. The van der Waals surface area contributed by atoms with Crippen molar-refractivity contribution in [3.05, 3.63) is 70.7 Å². The normalized spacial score (nSPS) is 11.9. The van der Waals surface area contributed by atoms with Gasteiger partial charge in [-0.1, -0.05) is 54.1 Å². The van der Waals surface area contributed by atoms with Crippen LogP contribution in [0, 0.1) is 0 Å². The Morgan fingerprint density at radius 1 is 1.10 bits per heavy atom. The summed E-state index contributed by atoms with van der Waals surface area (Å²) in [5.74, 6) is -0.0275. The number of rotatable bonds is 6. The van der Waals surface area contributed by atoms with E-state index in [9.17, 15) is 4.79 Å². The van der Waals surface area contributed by atoms with Crippen LogP contribution in [-0.4, -0.2) is 12.5 Å². The molecule has 110 valence electrons. The number of carbonyl (C=O) groups is 1. The van der Waals surface area contributed by atoms with Crippen LogP contribution in [0.1, 0.15) is 23.6 Å². The van der Waals surface area contributed by atoms with E-state index in [2.05, 4.69) is 5.32 Å². The van der Waals surface area contributed by atoms with E-state index in [1.165, 1.54) is 0 Å². The number of halogens is 1. The maximum Gasteiger partial charge on any atom is 0.221 e. The third-order valence-corrected chi connectivity index (χ3v) is 3.53. The van der Waals surface area contributed by atoms with E-state index in [0.717, 1.165) is 22.6 Å². The Kier molecular flexibility index (Phi) is 5.78. The van der Waals surface area contributed by atoms with Gasteiger partial charge in [0, 0.05) is 24.0 Å². The monoisotopic (exact) mass is 302 g/mol. The molecule has 4 heteroatoms. The second-order valence-corrected chi connectivity index (χ2v) is 5.38. The maximum atomic E-state index is 11.9. The molecule has 0 fully saturated rings. The van der Waals surface area contributed by atoms with Gasteiger partial charge < -0.3 is 11.1 Å². The highest BCUT2D eigenvalue weighted by Crippen LogP contribution is 2.13. The fraction of sp³-hybridized carbons (Fsp3) is 0.235. The van der Waals surface area contributed by atoms with Gasteiger partial charge in [0.05, 0.1) is 0 Å². The summed E-state index contributed by atoms with van der Waals surface area (Å²) in [6.45, 7) is 0.599. The molecule has 1 atom stereocenters. The lowest BCUT2D eigenvalue weighted by Crippen LogP contribution is -2.29. The van der Waals surface area contributed by atoms with E-state index in [-0.39, 0.29) is 11.9 Å². The number of hydrogen-bond donors (Lipinski definition) is 2. The molecule has 0 heterocycles. The average molecular weight is 303 g/mol. The molecule has 1 amide bonds. The van der Waals surface area contributed by atoms with Gasteiger partial charge in [-0.05, 0) is 29.7 Å². The first kappa shape index (κ1) is 15.5. The summed E-state index contributed by atoms with van der Waals surface area (Å²) in [7, 11) is 0. The van der Waals surface area contributed by atoms with Crippen molar-refractivity contribution in [2.24, 2.45) is 5.73 Å². The quantitative estimate of drug-likeness (QED) is 0.861. The lowest BCUT2D eigenvalue weighted by molar-refractivity contribution is -0.121. The molecule has 0 bridgehead atoms. The topological polar surface area (TPSA) is 55.1 Å². The first-order chi connectivity index (χ1) is 10.1. The van der Waals surface area contributed by atoms with Gasteiger partial charge in [-0.25, -0.2) is 0 Å². The van der Waals surface area contributed by atoms with Crippen LogP contribution in [0.25, 0.3) is 0 Å². The lowest BCUT2D eigenvalue weighted by Gasteiger charge is -2.12. The van der Waals surface area contributed by atoms with Crippen LogP contribution in [-0.2, 0) is 11.2 Å². The molecule has 0 aliphatic carbocycles. The summed E-state index contributed by atoms with van der Waals surface area (Å²) >= 11 is 5.83. The fourth-order valence-electron chi connectivity index (χ4n) is 2.09. The predicted molar refractivity (Wildman–Crippen MR) is 86.2 cm³/mol. The highest BCUT2D eigenvalue weighted by atomic mass is 35.5. The molecule has 0 spiro atoms. The van der Waals surface area contributed by atoms with Gasteiger partial charge in [0.25, 0.3) is 0 Å². The van der Waals surface area contributed by atoms with Crippen molar-refractivity contribution in [2.45, 2.75) is 18.9 Å². The second-order valence-electron chi connectivity index (χ2n) is 4.95. The Labute approximate surface area is 130 Å². The van der Waals surface area contributed by atoms with E-state index in [1.54, 1.807) is 0 Å². The zero-order chi connectivity index (χ0) is 15.1. The van der Waals surface area contributed by atoms with E-state index in [0.29, 0.717) is 13.0 Å². The number of benzene rings is 2. The molecule has 0 aromatic heterocycles. The van der Waals surface area contributed by atoms with E-state index in [4.69, 9.17) is 17.3 Å². The zero-order valence-electron chi connectivity index (χ0n) is 11.8. The molecule has 3 N–H and O–H groups in total. The van der Waals surface area contributed by atoms with Crippen molar-refractivity contribution in [1.82, 2.24) is 5.32 Å². The van der Waals surface area contributed by atoms with Crippen LogP contribution in [0.15, 0.2) is 54.6 Å². The van der Waals surface area contributed by atoms with Crippen molar-refractivity contribution in [3.8, 4) is 0 Å². The van der Waals surface area contributed by atoms with Gasteiger partial charge in [-0.15, -0.1) is 0 Å². The molecule has 0 radical (unpaired) electrons. The van der Waals surface area contributed by atoms with Crippen LogP contribution in [0.3, 0.4) is 0 Å². The Morgan fingerprint density at radius 2 is 1.76 bits per heavy atom. The first-order valence-corrected chi connectivity index (χ1v) is 7.34. The molecule has 0 aliphatic heterocycles. The van der Waals surface area contributed by atoms with Crippen LogP contribution in [0.2, 0.25) is 5.02 Å². The summed E-state index contributed by atoms with van der Waals surface area (Å²) in [6, 6.07) is 17.0. The molecular weight excluding hydrogens is 284 g/mol. The van der Waals surface area contributed by atoms with Gasteiger partial charge in [-0.3, -0.25) is 4.79 Å². The maximum absolute atomic E-state index is 11.9. The molecule has 2 aromatic carbocycles. The molecule has 0 saturated heterocycles. The van der Waals surface area contributed by atoms with Crippen LogP contribution >= 0.6 is 11.6 Å². The van der Waals surface area contributed by atoms with E-state index in [1.807, 2.05) is 54.6 Å². The zero-order valence-corrected chi connectivity index (χ0v) is 12.5. The SMILES string of the molecule is NC(CC(=O)NCCc1ccc(Cl)cc1)c1ccccc1. The Morgan fingerprint density at radius 3 is 2.43 bits per heavy atom. The van der Waals surface area contributed by atoms with Crippen LogP contribution in [0.4, 0.5) is 0 Å². The molecule has 2 rings (SSSR count). The van der Waals surface area contributed by atoms with Gasteiger partial charge in [-0.2, -0.15) is 0 Å². The molecule has 1 unspecified atom stereocenters. The van der Waals surface area contributed by atoms with Crippen molar-refractivity contribution < 1.29 is 4.79 Å². The predicted octanol–water partition coefficient (Wildman–Crippen LogP) is 3.09. The molecule has 3 nitrogen and oxygen atoms in total. The largest absolute Gasteiger partial charge is 0.356 e. The van der Waals surface area contributed by atoms with Gasteiger partial charge >= 0.3 is 0 Å². The number of carbonyl (C=O) groups excluding carboxylic acids is 1. The third kappa shape index (κ3) is 5.21. The molecule has 0 saturated carbocycles. The summed E-state index contributed by atoms with van der Waals surface area (Å²) in [5.41, 5.74) is 8.14. The lowest BCUT2D eigenvalue weighted by atomic mass is 10.0. The van der Waals surface area contributed by atoms with Gasteiger partial charge in [0.2, 0.25) is 5.91 Å². The summed E-state index contributed by atoms with van der Waals surface area (Å²) in [4.78, 5) is 11.9. The summed E-state index contributed by atoms with van der Waals surface area (Å²) in [6.07, 6.45) is 1.08. The standard InChI is InChI=1S/C17H19ClN2O/c18-15-8-6-13(7-9-15)10-11-20-17(21)12-16(19)14-4-2-1-3-5-14/h1-9,16H,10-12,19H2,(H,20,21).